The molecule has 2 fully saturated rings. The summed E-state index contributed by atoms with van der Waals surface area (Å²) in [5.41, 5.74) is 1.75. The van der Waals surface area contributed by atoms with Crippen molar-refractivity contribution in [2.45, 2.75) is 25.8 Å². The lowest BCUT2D eigenvalue weighted by Gasteiger charge is -2.14. The van der Waals surface area contributed by atoms with Crippen molar-refractivity contribution in [3.63, 3.8) is 0 Å². The van der Waals surface area contributed by atoms with Gasteiger partial charge in [-0.1, -0.05) is 13.8 Å². The smallest absolute Gasteiger partial charge is 0.344 e. The van der Waals surface area contributed by atoms with E-state index in [9.17, 15) is 9.59 Å². The van der Waals surface area contributed by atoms with Gasteiger partial charge in [0.2, 0.25) is 5.88 Å². The average Bonchev–Trinajstić information content (AvgIpc) is 2.66. The van der Waals surface area contributed by atoms with E-state index in [-0.39, 0.29) is 11.3 Å². The van der Waals surface area contributed by atoms with Crippen LogP contribution in [0.5, 0.6) is 0 Å². The zero-order valence-corrected chi connectivity index (χ0v) is 9.61. The molecule has 0 bridgehead atoms. The molecule has 1 aromatic heterocycles. The predicted molar refractivity (Wildman–Crippen MR) is 58.8 cm³/mol. The van der Waals surface area contributed by atoms with Gasteiger partial charge in [-0.3, -0.25) is 10.2 Å². The normalized spacial score (nSPS) is 29.6. The molecule has 1 aliphatic carbocycles. The number of amides is 3. The fourth-order valence-electron chi connectivity index (χ4n) is 2.33. The summed E-state index contributed by atoms with van der Waals surface area (Å²) < 4.78 is 5.05. The molecule has 1 unspecified atom stereocenters. The Bertz CT molecular complexity index is 494. The first-order valence-electron chi connectivity index (χ1n) is 5.43. The fraction of sp³-hybridized carbons (Fsp3) is 0.455. The molecule has 1 aromatic rings. The summed E-state index contributed by atoms with van der Waals surface area (Å²) in [6, 6.07) is 2.89. The van der Waals surface area contributed by atoms with E-state index in [1.807, 2.05) is 13.8 Å². The molecule has 17 heavy (non-hydrogen) atoms. The molecule has 1 aliphatic heterocycles. The SMILES string of the molecule is CC1(C)CC12NC(=O)N(Nc1ccco1)C2=O. The number of nitrogens with zero attached hydrogens (tertiary/aromatic N) is 1. The minimum Gasteiger partial charge on any atom is -0.447 e. The van der Waals surface area contributed by atoms with Gasteiger partial charge in [0.05, 0.1) is 6.26 Å². The Kier molecular flexibility index (Phi) is 1.69. The fourth-order valence-corrected chi connectivity index (χ4v) is 2.33. The molecular weight excluding hydrogens is 222 g/mol. The first kappa shape index (κ1) is 10.2. The third-order valence-corrected chi connectivity index (χ3v) is 3.57. The molecule has 1 saturated heterocycles. The van der Waals surface area contributed by atoms with Gasteiger partial charge in [0.25, 0.3) is 5.91 Å². The first-order chi connectivity index (χ1) is 7.96. The summed E-state index contributed by atoms with van der Waals surface area (Å²) in [7, 11) is 0. The maximum absolute atomic E-state index is 12.2. The molecule has 90 valence electrons. The summed E-state index contributed by atoms with van der Waals surface area (Å²) in [5, 5.41) is 3.72. The highest BCUT2D eigenvalue weighted by Gasteiger charge is 2.72. The van der Waals surface area contributed by atoms with E-state index in [0.717, 1.165) is 5.01 Å². The number of hydrogen-bond acceptors (Lipinski definition) is 4. The van der Waals surface area contributed by atoms with Crippen LogP contribution in [-0.2, 0) is 4.79 Å². The molecule has 3 amide bonds. The summed E-state index contributed by atoms with van der Waals surface area (Å²) in [6.45, 7) is 3.92. The number of anilines is 1. The third-order valence-electron chi connectivity index (χ3n) is 3.57. The third kappa shape index (κ3) is 1.20. The molecule has 3 rings (SSSR count). The van der Waals surface area contributed by atoms with Crippen LogP contribution in [-0.4, -0.2) is 22.5 Å². The van der Waals surface area contributed by atoms with Crippen molar-refractivity contribution in [3.8, 4) is 0 Å². The Balaban J connectivity index is 1.84. The summed E-state index contributed by atoms with van der Waals surface area (Å²) in [6.07, 6.45) is 2.14. The number of hydrazine groups is 1. The van der Waals surface area contributed by atoms with Gasteiger partial charge in [-0.25, -0.2) is 4.79 Å². The van der Waals surface area contributed by atoms with Gasteiger partial charge >= 0.3 is 6.03 Å². The van der Waals surface area contributed by atoms with Crippen LogP contribution in [0.1, 0.15) is 20.3 Å². The van der Waals surface area contributed by atoms with Gasteiger partial charge in [-0.05, 0) is 17.9 Å². The number of carbonyl (C=O) groups is 2. The van der Waals surface area contributed by atoms with Crippen LogP contribution in [0.2, 0.25) is 0 Å². The largest absolute Gasteiger partial charge is 0.447 e. The van der Waals surface area contributed by atoms with Gasteiger partial charge in [-0.2, -0.15) is 5.01 Å². The quantitative estimate of drug-likeness (QED) is 0.758. The number of nitrogens with one attached hydrogen (secondary N) is 2. The maximum Gasteiger partial charge on any atom is 0.344 e. The number of hydrogen-bond donors (Lipinski definition) is 2. The summed E-state index contributed by atoms with van der Waals surface area (Å²) in [5.74, 6) is 0.118. The van der Waals surface area contributed by atoms with E-state index in [0.29, 0.717) is 12.3 Å². The Morgan fingerprint density at radius 2 is 2.18 bits per heavy atom. The Morgan fingerprint density at radius 1 is 1.47 bits per heavy atom. The van der Waals surface area contributed by atoms with E-state index in [1.165, 1.54) is 6.26 Å². The van der Waals surface area contributed by atoms with Crippen LogP contribution in [0.15, 0.2) is 22.8 Å². The first-order valence-corrected chi connectivity index (χ1v) is 5.43. The van der Waals surface area contributed by atoms with E-state index < -0.39 is 11.6 Å². The second kappa shape index (κ2) is 2.82. The van der Waals surface area contributed by atoms with Gasteiger partial charge in [0.1, 0.15) is 5.54 Å². The molecular formula is C11H13N3O3. The monoisotopic (exact) mass is 235 g/mol. The lowest BCUT2D eigenvalue weighted by Crippen LogP contribution is -2.38. The lowest BCUT2D eigenvalue weighted by atomic mass is 10.1. The summed E-state index contributed by atoms with van der Waals surface area (Å²) in [4.78, 5) is 23.9. The van der Waals surface area contributed by atoms with Crippen LogP contribution in [0.25, 0.3) is 0 Å². The molecule has 1 saturated carbocycles. The van der Waals surface area contributed by atoms with Crippen molar-refractivity contribution >= 4 is 17.8 Å². The van der Waals surface area contributed by atoms with Crippen molar-refractivity contribution in [3.05, 3.63) is 18.4 Å². The number of carbonyl (C=O) groups excluding carboxylic acids is 2. The average molecular weight is 235 g/mol. The minimum absolute atomic E-state index is 0.181. The number of rotatable bonds is 2. The van der Waals surface area contributed by atoms with Crippen LogP contribution in [0, 0.1) is 5.41 Å². The Hall–Kier alpha value is -1.98. The molecule has 0 aromatic carbocycles. The Labute approximate surface area is 97.9 Å². The van der Waals surface area contributed by atoms with E-state index in [4.69, 9.17) is 4.42 Å². The van der Waals surface area contributed by atoms with E-state index >= 15 is 0 Å². The topological polar surface area (TPSA) is 74.6 Å². The molecule has 1 atom stereocenters. The molecule has 0 radical (unpaired) electrons. The van der Waals surface area contributed by atoms with Gasteiger partial charge in [0.15, 0.2) is 0 Å². The van der Waals surface area contributed by atoms with Crippen molar-refractivity contribution in [2.75, 3.05) is 5.43 Å². The van der Waals surface area contributed by atoms with Gasteiger partial charge in [0, 0.05) is 6.07 Å². The molecule has 2 N–H and O–H groups in total. The second-order valence-electron chi connectivity index (χ2n) is 5.13. The highest BCUT2D eigenvalue weighted by molar-refractivity contribution is 6.10. The van der Waals surface area contributed by atoms with Crippen molar-refractivity contribution < 1.29 is 14.0 Å². The minimum atomic E-state index is -0.732. The van der Waals surface area contributed by atoms with Crippen LogP contribution in [0.3, 0.4) is 0 Å². The number of furan rings is 1. The lowest BCUT2D eigenvalue weighted by molar-refractivity contribution is -0.128. The number of imide groups is 1. The molecule has 1 spiro atoms. The van der Waals surface area contributed by atoms with Crippen LogP contribution < -0.4 is 10.7 Å². The van der Waals surface area contributed by atoms with Crippen LogP contribution in [0.4, 0.5) is 10.7 Å². The van der Waals surface area contributed by atoms with Gasteiger partial charge < -0.3 is 9.73 Å². The maximum atomic E-state index is 12.2. The molecule has 6 nitrogen and oxygen atoms in total. The predicted octanol–water partition coefficient (Wildman–Crippen LogP) is 1.33. The summed E-state index contributed by atoms with van der Waals surface area (Å²) >= 11 is 0. The Morgan fingerprint density at radius 3 is 2.65 bits per heavy atom. The molecule has 6 heteroatoms. The number of urea groups is 1. The van der Waals surface area contributed by atoms with Crippen molar-refractivity contribution in [1.82, 2.24) is 10.3 Å². The van der Waals surface area contributed by atoms with E-state index in [2.05, 4.69) is 10.7 Å². The van der Waals surface area contributed by atoms with Crippen molar-refractivity contribution in [2.24, 2.45) is 5.41 Å². The molecule has 2 heterocycles. The zero-order valence-electron chi connectivity index (χ0n) is 9.61. The van der Waals surface area contributed by atoms with Gasteiger partial charge in [-0.15, -0.1) is 0 Å². The van der Waals surface area contributed by atoms with E-state index in [1.54, 1.807) is 12.1 Å². The van der Waals surface area contributed by atoms with Crippen molar-refractivity contribution in [1.29, 1.82) is 0 Å². The standard InChI is InChI=1S/C11H13N3O3/c1-10(2)6-11(10)8(15)14(9(16)12-11)13-7-4-3-5-17-7/h3-5,13H,6H2,1-2H3,(H,12,16). The zero-order chi connectivity index (χ0) is 12.3. The molecule has 2 aliphatic rings. The highest BCUT2D eigenvalue weighted by atomic mass is 16.3. The second-order valence-corrected chi connectivity index (χ2v) is 5.13. The van der Waals surface area contributed by atoms with Crippen LogP contribution >= 0.6 is 0 Å². The highest BCUT2D eigenvalue weighted by Crippen LogP contribution is 2.58.